The monoisotopic (exact) mass is 478 g/mol. The predicted octanol–water partition coefficient (Wildman–Crippen LogP) is 6.23. The van der Waals surface area contributed by atoms with Crippen molar-refractivity contribution in [3.8, 4) is 0 Å². The van der Waals surface area contributed by atoms with Crippen LogP contribution in [0.15, 0.2) is 36.4 Å². The predicted molar refractivity (Wildman–Crippen MR) is 131 cm³/mol. The molecule has 1 saturated carbocycles. The minimum atomic E-state index is -0.482. The van der Waals surface area contributed by atoms with Crippen LogP contribution in [0.1, 0.15) is 94.8 Å². The smallest absolute Gasteiger partial charge is 0.305 e. The van der Waals surface area contributed by atoms with Crippen molar-refractivity contribution in [2.45, 2.75) is 95.1 Å². The highest BCUT2D eigenvalue weighted by Gasteiger charge is 2.41. The van der Waals surface area contributed by atoms with Crippen LogP contribution in [0.4, 0.5) is 0 Å². The summed E-state index contributed by atoms with van der Waals surface area (Å²) in [4.78, 5) is 22.8. The van der Waals surface area contributed by atoms with Crippen molar-refractivity contribution in [2.75, 3.05) is 7.11 Å². The molecule has 0 heterocycles. The SMILES string of the molecule is CCCCC[C@@H](OC(C)=O)c1ccc([C@@H]2[C@@H](CC=CCCCC(=O)OC)[C@H](Cl)C[C@H]2O)cc1. The highest BCUT2D eigenvalue weighted by Crippen LogP contribution is 2.45. The molecule has 1 N–H and O–H groups in total. The van der Waals surface area contributed by atoms with Crippen molar-refractivity contribution in [3.05, 3.63) is 47.5 Å². The number of allylic oxidation sites excluding steroid dienone is 2. The molecule has 1 fully saturated rings. The molecule has 184 valence electrons. The zero-order valence-corrected chi connectivity index (χ0v) is 20.9. The molecular weight excluding hydrogens is 440 g/mol. The summed E-state index contributed by atoms with van der Waals surface area (Å²) in [6, 6.07) is 8.12. The van der Waals surface area contributed by atoms with Crippen molar-refractivity contribution in [3.63, 3.8) is 0 Å². The van der Waals surface area contributed by atoms with Gasteiger partial charge in [-0.05, 0) is 55.6 Å². The summed E-state index contributed by atoms with van der Waals surface area (Å²) in [6.07, 6.45) is 10.9. The number of aliphatic hydroxyl groups excluding tert-OH is 1. The van der Waals surface area contributed by atoms with Gasteiger partial charge in [0.25, 0.3) is 0 Å². The zero-order chi connectivity index (χ0) is 24.2. The number of hydrogen-bond donors (Lipinski definition) is 1. The van der Waals surface area contributed by atoms with E-state index in [0.29, 0.717) is 12.8 Å². The number of alkyl halides is 1. The summed E-state index contributed by atoms with van der Waals surface area (Å²) < 4.78 is 10.2. The molecule has 0 amide bonds. The van der Waals surface area contributed by atoms with Gasteiger partial charge in [-0.15, -0.1) is 11.6 Å². The second kappa shape index (κ2) is 14.4. The lowest BCUT2D eigenvalue weighted by Crippen LogP contribution is -2.18. The Morgan fingerprint density at radius 1 is 1.18 bits per heavy atom. The molecule has 1 aliphatic carbocycles. The van der Waals surface area contributed by atoms with Crippen molar-refractivity contribution in [1.82, 2.24) is 0 Å². The average Bonchev–Trinajstić information content (AvgIpc) is 3.07. The summed E-state index contributed by atoms with van der Waals surface area (Å²) in [7, 11) is 1.40. The van der Waals surface area contributed by atoms with Crippen molar-refractivity contribution >= 4 is 23.5 Å². The van der Waals surface area contributed by atoms with E-state index in [2.05, 4.69) is 23.8 Å². The third kappa shape index (κ3) is 8.78. The van der Waals surface area contributed by atoms with Crippen LogP contribution < -0.4 is 0 Å². The van der Waals surface area contributed by atoms with Gasteiger partial charge in [0.15, 0.2) is 0 Å². The number of methoxy groups -OCH3 is 1. The van der Waals surface area contributed by atoms with Gasteiger partial charge in [0.2, 0.25) is 0 Å². The van der Waals surface area contributed by atoms with Gasteiger partial charge in [-0.3, -0.25) is 9.59 Å². The van der Waals surface area contributed by atoms with E-state index in [1.807, 2.05) is 24.3 Å². The number of halogens is 1. The molecule has 6 heteroatoms. The molecule has 33 heavy (non-hydrogen) atoms. The fourth-order valence-electron chi connectivity index (χ4n) is 4.67. The first-order valence-corrected chi connectivity index (χ1v) is 12.6. The maximum Gasteiger partial charge on any atom is 0.305 e. The number of ether oxygens (including phenoxy) is 2. The third-order valence-corrected chi connectivity index (χ3v) is 6.93. The van der Waals surface area contributed by atoms with Gasteiger partial charge < -0.3 is 14.6 Å². The van der Waals surface area contributed by atoms with Gasteiger partial charge in [0.05, 0.1) is 13.2 Å². The van der Waals surface area contributed by atoms with E-state index < -0.39 is 6.10 Å². The number of hydrogen-bond acceptors (Lipinski definition) is 5. The van der Waals surface area contributed by atoms with Crippen molar-refractivity contribution < 1.29 is 24.2 Å². The van der Waals surface area contributed by atoms with Crippen LogP contribution in [0.3, 0.4) is 0 Å². The van der Waals surface area contributed by atoms with Gasteiger partial charge in [0.1, 0.15) is 6.10 Å². The van der Waals surface area contributed by atoms with E-state index in [1.54, 1.807) is 0 Å². The van der Waals surface area contributed by atoms with E-state index >= 15 is 0 Å². The number of rotatable bonds is 13. The Labute approximate surface area is 203 Å². The fraction of sp³-hybridized carbons (Fsp3) is 0.630. The molecule has 1 aromatic carbocycles. The number of carbonyl (C=O) groups is 2. The first-order valence-electron chi connectivity index (χ1n) is 12.2. The summed E-state index contributed by atoms with van der Waals surface area (Å²) in [6.45, 7) is 3.60. The minimum absolute atomic E-state index is 0.0338. The molecule has 2 rings (SSSR count). The Kier molecular flexibility index (Phi) is 12.0. The maximum atomic E-state index is 11.6. The van der Waals surface area contributed by atoms with E-state index in [1.165, 1.54) is 14.0 Å². The summed E-state index contributed by atoms with van der Waals surface area (Å²) in [5.74, 6) is -0.352. The summed E-state index contributed by atoms with van der Waals surface area (Å²) in [5.41, 5.74) is 2.05. The highest BCUT2D eigenvalue weighted by atomic mass is 35.5. The van der Waals surface area contributed by atoms with Crippen LogP contribution in [-0.4, -0.2) is 35.6 Å². The molecule has 0 unspecified atom stereocenters. The van der Waals surface area contributed by atoms with E-state index in [4.69, 9.17) is 16.3 Å². The van der Waals surface area contributed by atoms with Gasteiger partial charge in [-0.2, -0.15) is 0 Å². The van der Waals surface area contributed by atoms with E-state index in [0.717, 1.165) is 56.1 Å². The second-order valence-electron chi connectivity index (χ2n) is 8.94. The Bertz CT molecular complexity index is 760. The molecule has 0 spiro atoms. The molecule has 5 atom stereocenters. The second-order valence-corrected chi connectivity index (χ2v) is 9.51. The van der Waals surface area contributed by atoms with Gasteiger partial charge in [0, 0.05) is 24.6 Å². The largest absolute Gasteiger partial charge is 0.469 e. The lowest BCUT2D eigenvalue weighted by atomic mass is 9.84. The molecular formula is C27H39ClO5. The molecule has 0 radical (unpaired) electrons. The number of benzene rings is 1. The van der Waals surface area contributed by atoms with Crippen LogP contribution >= 0.6 is 11.6 Å². The Morgan fingerprint density at radius 3 is 2.55 bits per heavy atom. The van der Waals surface area contributed by atoms with Gasteiger partial charge in [-0.1, -0.05) is 56.2 Å². The van der Waals surface area contributed by atoms with Crippen LogP contribution in [0.5, 0.6) is 0 Å². The molecule has 0 aliphatic heterocycles. The number of unbranched alkanes of at least 4 members (excludes halogenated alkanes) is 3. The zero-order valence-electron chi connectivity index (χ0n) is 20.2. The third-order valence-electron chi connectivity index (χ3n) is 6.43. The van der Waals surface area contributed by atoms with Crippen molar-refractivity contribution in [1.29, 1.82) is 0 Å². The topological polar surface area (TPSA) is 72.8 Å². The maximum absolute atomic E-state index is 11.6. The van der Waals surface area contributed by atoms with Gasteiger partial charge in [-0.25, -0.2) is 0 Å². The van der Waals surface area contributed by atoms with Crippen LogP contribution in [-0.2, 0) is 19.1 Å². The first-order chi connectivity index (χ1) is 15.9. The van der Waals surface area contributed by atoms with Crippen LogP contribution in [0.25, 0.3) is 0 Å². The number of carbonyl (C=O) groups excluding carboxylic acids is 2. The Balaban J connectivity index is 2.03. The van der Waals surface area contributed by atoms with E-state index in [-0.39, 0.29) is 35.3 Å². The number of esters is 2. The molecule has 1 aromatic rings. The van der Waals surface area contributed by atoms with Crippen molar-refractivity contribution in [2.24, 2.45) is 5.92 Å². The standard InChI is InChI=1S/C27H39ClO5/c1-4-5-8-12-25(33-19(2)29)20-14-16-21(17-15-20)27-22(23(28)18-24(27)30)11-9-6-7-10-13-26(31)32-3/h6,9,14-17,22-25,27,30H,4-5,7-8,10-13,18H2,1-3H3/t22-,23+,24+,25+,27+/m0/s1. The lowest BCUT2D eigenvalue weighted by Gasteiger charge is -2.24. The minimum Gasteiger partial charge on any atom is -0.469 e. The summed E-state index contributed by atoms with van der Waals surface area (Å²) in [5, 5.41) is 10.6. The fourth-order valence-corrected chi connectivity index (χ4v) is 5.11. The van der Waals surface area contributed by atoms with Crippen LogP contribution in [0, 0.1) is 5.92 Å². The quantitative estimate of drug-likeness (QED) is 0.157. The number of aliphatic hydroxyl groups is 1. The van der Waals surface area contributed by atoms with Gasteiger partial charge >= 0.3 is 11.9 Å². The lowest BCUT2D eigenvalue weighted by molar-refractivity contribution is -0.147. The Hall–Kier alpha value is -1.85. The summed E-state index contributed by atoms with van der Waals surface area (Å²) >= 11 is 6.62. The highest BCUT2D eigenvalue weighted by molar-refractivity contribution is 6.21. The van der Waals surface area contributed by atoms with Crippen LogP contribution in [0.2, 0.25) is 0 Å². The average molecular weight is 479 g/mol. The normalized spacial score (nSPS) is 23.5. The molecule has 0 bridgehead atoms. The Morgan fingerprint density at radius 2 is 1.91 bits per heavy atom. The molecule has 1 aliphatic rings. The van der Waals surface area contributed by atoms with E-state index in [9.17, 15) is 14.7 Å². The molecule has 0 aromatic heterocycles. The molecule has 0 saturated heterocycles. The first kappa shape index (κ1) is 27.4. The molecule has 5 nitrogen and oxygen atoms in total.